The minimum absolute atomic E-state index is 0.227. The molecule has 0 bridgehead atoms. The van der Waals surface area contributed by atoms with Crippen molar-refractivity contribution >= 4 is 5.69 Å². The van der Waals surface area contributed by atoms with Crippen molar-refractivity contribution < 1.29 is 4.74 Å². The standard InChI is InChI=1S/C16H25NO/c1-16(2,3)13-7-9-14(10-8-13)17-12-15-6-4-5-11-18-15/h7-10,15,17H,4-6,11-12H2,1-3H3. The first kappa shape index (κ1) is 13.4. The molecule has 0 aliphatic carbocycles. The van der Waals surface area contributed by atoms with Gasteiger partial charge in [0.1, 0.15) is 0 Å². The third kappa shape index (κ3) is 3.74. The maximum Gasteiger partial charge on any atom is 0.0747 e. The van der Waals surface area contributed by atoms with E-state index in [9.17, 15) is 0 Å². The van der Waals surface area contributed by atoms with Crippen molar-refractivity contribution in [3.05, 3.63) is 29.8 Å². The summed E-state index contributed by atoms with van der Waals surface area (Å²) in [5.41, 5.74) is 2.80. The average molecular weight is 247 g/mol. The van der Waals surface area contributed by atoms with E-state index in [0.29, 0.717) is 6.10 Å². The van der Waals surface area contributed by atoms with Crippen molar-refractivity contribution in [1.82, 2.24) is 0 Å². The van der Waals surface area contributed by atoms with Crippen LogP contribution in [0.4, 0.5) is 5.69 Å². The Hall–Kier alpha value is -1.02. The molecule has 1 heterocycles. The maximum absolute atomic E-state index is 5.72. The van der Waals surface area contributed by atoms with Gasteiger partial charge in [-0.25, -0.2) is 0 Å². The lowest BCUT2D eigenvalue weighted by atomic mass is 9.87. The van der Waals surface area contributed by atoms with Crippen LogP contribution in [0, 0.1) is 0 Å². The molecule has 100 valence electrons. The normalized spacial score (nSPS) is 20.7. The molecule has 1 aliphatic rings. The number of anilines is 1. The van der Waals surface area contributed by atoms with Gasteiger partial charge >= 0.3 is 0 Å². The molecular weight excluding hydrogens is 222 g/mol. The second kappa shape index (κ2) is 5.75. The van der Waals surface area contributed by atoms with Gasteiger partial charge in [-0.05, 0) is 42.4 Å². The van der Waals surface area contributed by atoms with Gasteiger partial charge in [-0.2, -0.15) is 0 Å². The molecule has 1 aliphatic heterocycles. The van der Waals surface area contributed by atoms with Crippen molar-refractivity contribution in [2.75, 3.05) is 18.5 Å². The van der Waals surface area contributed by atoms with Gasteiger partial charge in [0.05, 0.1) is 6.10 Å². The van der Waals surface area contributed by atoms with E-state index in [2.05, 4.69) is 50.4 Å². The Balaban J connectivity index is 1.86. The average Bonchev–Trinajstić information content (AvgIpc) is 2.37. The predicted octanol–water partition coefficient (Wildman–Crippen LogP) is 3.97. The summed E-state index contributed by atoms with van der Waals surface area (Å²) in [6.45, 7) is 8.58. The number of rotatable bonds is 3. The predicted molar refractivity (Wildman–Crippen MR) is 77.2 cm³/mol. The molecule has 2 nitrogen and oxygen atoms in total. The fourth-order valence-electron chi connectivity index (χ4n) is 2.29. The Morgan fingerprint density at radius 2 is 1.89 bits per heavy atom. The van der Waals surface area contributed by atoms with E-state index in [0.717, 1.165) is 13.2 Å². The summed E-state index contributed by atoms with van der Waals surface area (Å²) in [7, 11) is 0. The number of hydrogen-bond acceptors (Lipinski definition) is 2. The van der Waals surface area contributed by atoms with Gasteiger partial charge in [0.2, 0.25) is 0 Å². The van der Waals surface area contributed by atoms with Crippen LogP contribution in [0.25, 0.3) is 0 Å². The Kier molecular flexibility index (Phi) is 4.28. The van der Waals surface area contributed by atoms with Gasteiger partial charge in [0, 0.05) is 18.8 Å². The summed E-state index contributed by atoms with van der Waals surface area (Å²) < 4.78 is 5.72. The van der Waals surface area contributed by atoms with Crippen LogP contribution in [0.3, 0.4) is 0 Å². The highest BCUT2D eigenvalue weighted by molar-refractivity contribution is 5.45. The van der Waals surface area contributed by atoms with Gasteiger partial charge in [-0.3, -0.25) is 0 Å². The molecule has 0 aromatic heterocycles. The molecule has 1 saturated heterocycles. The maximum atomic E-state index is 5.72. The Bertz CT molecular complexity index is 358. The van der Waals surface area contributed by atoms with Gasteiger partial charge in [0.15, 0.2) is 0 Å². The molecule has 18 heavy (non-hydrogen) atoms. The first-order chi connectivity index (χ1) is 8.55. The van der Waals surface area contributed by atoms with Crippen LogP contribution in [0.5, 0.6) is 0 Å². The quantitative estimate of drug-likeness (QED) is 0.872. The minimum atomic E-state index is 0.227. The molecule has 2 heteroatoms. The molecule has 0 amide bonds. The van der Waals surface area contributed by atoms with Crippen LogP contribution < -0.4 is 5.32 Å². The lowest BCUT2D eigenvalue weighted by Gasteiger charge is -2.23. The number of hydrogen-bond donors (Lipinski definition) is 1. The Labute approximate surface area is 111 Å². The van der Waals surface area contributed by atoms with Crippen molar-refractivity contribution in [2.45, 2.75) is 51.6 Å². The molecule has 1 unspecified atom stereocenters. The highest BCUT2D eigenvalue weighted by Crippen LogP contribution is 2.23. The molecule has 1 aromatic carbocycles. The van der Waals surface area contributed by atoms with E-state index >= 15 is 0 Å². The molecule has 0 radical (unpaired) electrons. The summed E-state index contributed by atoms with van der Waals surface area (Å²) in [5, 5.41) is 3.47. The van der Waals surface area contributed by atoms with E-state index in [-0.39, 0.29) is 5.41 Å². The highest BCUT2D eigenvalue weighted by Gasteiger charge is 2.14. The van der Waals surface area contributed by atoms with Crippen molar-refractivity contribution in [3.63, 3.8) is 0 Å². The largest absolute Gasteiger partial charge is 0.382 e. The highest BCUT2D eigenvalue weighted by atomic mass is 16.5. The Morgan fingerprint density at radius 3 is 2.44 bits per heavy atom. The lowest BCUT2D eigenvalue weighted by Crippen LogP contribution is -2.26. The van der Waals surface area contributed by atoms with Crippen molar-refractivity contribution in [3.8, 4) is 0 Å². The van der Waals surface area contributed by atoms with Crippen LogP contribution in [0.15, 0.2) is 24.3 Å². The minimum Gasteiger partial charge on any atom is -0.382 e. The number of nitrogens with one attached hydrogen (secondary N) is 1. The molecular formula is C16H25NO. The number of benzene rings is 1. The van der Waals surface area contributed by atoms with Crippen molar-refractivity contribution in [2.24, 2.45) is 0 Å². The summed E-state index contributed by atoms with van der Waals surface area (Å²) in [4.78, 5) is 0. The van der Waals surface area contributed by atoms with Gasteiger partial charge in [-0.1, -0.05) is 32.9 Å². The number of ether oxygens (including phenoxy) is 1. The van der Waals surface area contributed by atoms with E-state index < -0.39 is 0 Å². The van der Waals surface area contributed by atoms with E-state index in [4.69, 9.17) is 4.74 Å². The molecule has 1 fully saturated rings. The summed E-state index contributed by atoms with van der Waals surface area (Å²) in [6, 6.07) is 8.76. The van der Waals surface area contributed by atoms with Crippen LogP contribution in [-0.4, -0.2) is 19.3 Å². The fraction of sp³-hybridized carbons (Fsp3) is 0.625. The van der Waals surface area contributed by atoms with Crippen LogP contribution in [-0.2, 0) is 10.2 Å². The molecule has 1 aromatic rings. The molecule has 1 N–H and O–H groups in total. The van der Waals surface area contributed by atoms with Gasteiger partial charge in [-0.15, -0.1) is 0 Å². The van der Waals surface area contributed by atoms with Gasteiger partial charge in [0.25, 0.3) is 0 Å². The van der Waals surface area contributed by atoms with Gasteiger partial charge < -0.3 is 10.1 Å². The van der Waals surface area contributed by atoms with E-state index in [1.807, 2.05) is 0 Å². The fourth-order valence-corrected chi connectivity index (χ4v) is 2.29. The van der Waals surface area contributed by atoms with E-state index in [1.165, 1.54) is 30.5 Å². The van der Waals surface area contributed by atoms with Crippen LogP contribution >= 0.6 is 0 Å². The van der Waals surface area contributed by atoms with Crippen molar-refractivity contribution in [1.29, 1.82) is 0 Å². The summed E-state index contributed by atoms with van der Waals surface area (Å²) in [6.07, 6.45) is 4.10. The smallest absolute Gasteiger partial charge is 0.0747 e. The third-order valence-corrected chi connectivity index (χ3v) is 3.56. The van der Waals surface area contributed by atoms with Crippen LogP contribution in [0.2, 0.25) is 0 Å². The van der Waals surface area contributed by atoms with Crippen LogP contribution in [0.1, 0.15) is 45.6 Å². The topological polar surface area (TPSA) is 21.3 Å². The monoisotopic (exact) mass is 247 g/mol. The zero-order chi connectivity index (χ0) is 13.0. The molecule has 0 saturated carbocycles. The second-order valence-corrected chi connectivity index (χ2v) is 6.20. The molecule has 1 atom stereocenters. The van der Waals surface area contributed by atoms with E-state index in [1.54, 1.807) is 0 Å². The summed E-state index contributed by atoms with van der Waals surface area (Å²) >= 11 is 0. The first-order valence-corrected chi connectivity index (χ1v) is 7.02. The third-order valence-electron chi connectivity index (χ3n) is 3.56. The molecule has 0 spiro atoms. The Morgan fingerprint density at radius 1 is 1.17 bits per heavy atom. The lowest BCUT2D eigenvalue weighted by molar-refractivity contribution is 0.0247. The first-order valence-electron chi connectivity index (χ1n) is 7.02. The zero-order valence-electron chi connectivity index (χ0n) is 11.8. The zero-order valence-corrected chi connectivity index (χ0v) is 11.8. The summed E-state index contributed by atoms with van der Waals surface area (Å²) in [5.74, 6) is 0. The SMILES string of the molecule is CC(C)(C)c1ccc(NCC2CCCCO2)cc1. The second-order valence-electron chi connectivity index (χ2n) is 6.20. The molecule has 2 rings (SSSR count).